The molecule has 0 radical (unpaired) electrons. The Morgan fingerprint density at radius 3 is 2.75 bits per heavy atom. The zero-order valence-electron chi connectivity index (χ0n) is 11.8. The van der Waals surface area contributed by atoms with Gasteiger partial charge in [0.05, 0.1) is 25.7 Å². The Bertz CT molecular complexity index is 342. The summed E-state index contributed by atoms with van der Waals surface area (Å²) in [5.74, 6) is -0.154. The molecular formula is C14H24N2O4. The number of hydrogen-bond acceptors (Lipinski definition) is 3. The average Bonchev–Trinajstić information content (AvgIpc) is 2.91. The third-order valence-corrected chi connectivity index (χ3v) is 4.20. The van der Waals surface area contributed by atoms with E-state index < -0.39 is 5.97 Å². The van der Waals surface area contributed by atoms with Crippen LogP contribution in [0.4, 0.5) is 4.79 Å². The minimum absolute atomic E-state index is 0.0595. The van der Waals surface area contributed by atoms with Crippen LogP contribution in [0.3, 0.4) is 0 Å². The first-order valence-electron chi connectivity index (χ1n) is 7.51. The summed E-state index contributed by atoms with van der Waals surface area (Å²) in [6.45, 7) is 1.93. The van der Waals surface area contributed by atoms with E-state index in [2.05, 4.69) is 5.32 Å². The van der Waals surface area contributed by atoms with E-state index in [1.54, 1.807) is 4.90 Å². The molecule has 2 amide bonds. The molecule has 114 valence electrons. The number of ether oxygens (including phenoxy) is 1. The SMILES string of the molecule is O=C(O)CC1COCCN1C(=O)NCCC1CCCC1. The summed E-state index contributed by atoms with van der Waals surface area (Å²) >= 11 is 0. The third-order valence-electron chi connectivity index (χ3n) is 4.20. The lowest BCUT2D eigenvalue weighted by Gasteiger charge is -2.34. The van der Waals surface area contributed by atoms with Crippen LogP contribution in [0.15, 0.2) is 0 Å². The van der Waals surface area contributed by atoms with Gasteiger partial charge in [-0.15, -0.1) is 0 Å². The molecule has 0 bridgehead atoms. The van der Waals surface area contributed by atoms with E-state index in [9.17, 15) is 9.59 Å². The molecule has 2 N–H and O–H groups in total. The van der Waals surface area contributed by atoms with E-state index in [1.165, 1.54) is 25.7 Å². The number of nitrogens with one attached hydrogen (secondary N) is 1. The zero-order valence-corrected chi connectivity index (χ0v) is 11.8. The number of aliphatic carboxylic acids is 1. The number of amides is 2. The molecule has 2 rings (SSSR count). The highest BCUT2D eigenvalue weighted by atomic mass is 16.5. The normalized spacial score (nSPS) is 23.8. The molecule has 0 aromatic carbocycles. The quantitative estimate of drug-likeness (QED) is 0.801. The van der Waals surface area contributed by atoms with Crippen molar-refractivity contribution in [3.05, 3.63) is 0 Å². The summed E-state index contributed by atoms with van der Waals surface area (Å²) in [7, 11) is 0. The van der Waals surface area contributed by atoms with E-state index in [1.807, 2.05) is 0 Å². The van der Waals surface area contributed by atoms with Gasteiger partial charge in [-0.2, -0.15) is 0 Å². The van der Waals surface area contributed by atoms with Gasteiger partial charge in [0.1, 0.15) is 0 Å². The van der Waals surface area contributed by atoms with Crippen molar-refractivity contribution < 1.29 is 19.4 Å². The molecule has 20 heavy (non-hydrogen) atoms. The van der Waals surface area contributed by atoms with Crippen molar-refractivity contribution in [2.24, 2.45) is 5.92 Å². The molecular weight excluding hydrogens is 260 g/mol. The molecule has 6 heteroatoms. The molecule has 1 heterocycles. The second kappa shape index (κ2) is 7.47. The van der Waals surface area contributed by atoms with Crippen molar-refractivity contribution in [2.45, 2.75) is 44.6 Å². The number of carboxylic acid groups (broad SMARTS) is 1. The highest BCUT2D eigenvalue weighted by Gasteiger charge is 2.29. The molecule has 1 aliphatic carbocycles. The maximum atomic E-state index is 12.1. The highest BCUT2D eigenvalue weighted by molar-refractivity contribution is 5.76. The molecule has 2 fully saturated rings. The predicted octanol–water partition coefficient (Wildman–Crippen LogP) is 1.45. The molecule has 2 aliphatic rings. The average molecular weight is 284 g/mol. The van der Waals surface area contributed by atoms with Crippen molar-refractivity contribution in [1.29, 1.82) is 0 Å². The van der Waals surface area contributed by atoms with Gasteiger partial charge in [0.25, 0.3) is 0 Å². The van der Waals surface area contributed by atoms with E-state index in [4.69, 9.17) is 9.84 Å². The van der Waals surface area contributed by atoms with E-state index in [-0.39, 0.29) is 18.5 Å². The molecule has 6 nitrogen and oxygen atoms in total. The molecule has 1 aliphatic heterocycles. The summed E-state index contributed by atoms with van der Waals surface area (Å²) < 4.78 is 5.26. The van der Waals surface area contributed by atoms with Gasteiger partial charge in [-0.3, -0.25) is 4.79 Å². The van der Waals surface area contributed by atoms with Gasteiger partial charge < -0.3 is 20.1 Å². The van der Waals surface area contributed by atoms with Crippen LogP contribution < -0.4 is 5.32 Å². The Labute approximate surface area is 119 Å². The van der Waals surface area contributed by atoms with Gasteiger partial charge in [0.15, 0.2) is 0 Å². The first-order chi connectivity index (χ1) is 9.66. The maximum Gasteiger partial charge on any atom is 0.317 e. The van der Waals surface area contributed by atoms with Gasteiger partial charge in [0.2, 0.25) is 0 Å². The first kappa shape index (κ1) is 15.1. The second-order valence-electron chi connectivity index (χ2n) is 5.69. The third kappa shape index (κ3) is 4.37. The van der Waals surface area contributed by atoms with Gasteiger partial charge in [-0.25, -0.2) is 4.79 Å². The van der Waals surface area contributed by atoms with E-state index in [0.717, 1.165) is 12.3 Å². The van der Waals surface area contributed by atoms with Crippen LogP contribution in [0.2, 0.25) is 0 Å². The van der Waals surface area contributed by atoms with Crippen LogP contribution in [0.5, 0.6) is 0 Å². The minimum atomic E-state index is -0.899. The lowest BCUT2D eigenvalue weighted by molar-refractivity contribution is -0.139. The van der Waals surface area contributed by atoms with Crippen LogP contribution >= 0.6 is 0 Å². The van der Waals surface area contributed by atoms with Gasteiger partial charge in [-0.1, -0.05) is 25.7 Å². The van der Waals surface area contributed by atoms with E-state index >= 15 is 0 Å². The summed E-state index contributed by atoms with van der Waals surface area (Å²) in [5, 5.41) is 11.8. The van der Waals surface area contributed by atoms with Crippen LogP contribution in [0.1, 0.15) is 38.5 Å². The van der Waals surface area contributed by atoms with Gasteiger partial charge in [0, 0.05) is 13.1 Å². The minimum Gasteiger partial charge on any atom is -0.481 e. The topological polar surface area (TPSA) is 78.9 Å². The maximum absolute atomic E-state index is 12.1. The number of nitrogens with zero attached hydrogens (tertiary/aromatic N) is 1. The van der Waals surface area contributed by atoms with Gasteiger partial charge in [-0.05, 0) is 12.3 Å². The van der Waals surface area contributed by atoms with Crippen molar-refractivity contribution >= 4 is 12.0 Å². The van der Waals surface area contributed by atoms with Gasteiger partial charge >= 0.3 is 12.0 Å². The Balaban J connectivity index is 1.74. The number of rotatable bonds is 5. The summed E-state index contributed by atoms with van der Waals surface area (Å²) in [5.41, 5.74) is 0. The zero-order chi connectivity index (χ0) is 14.4. The Morgan fingerprint density at radius 1 is 1.30 bits per heavy atom. The Morgan fingerprint density at radius 2 is 2.05 bits per heavy atom. The molecule has 1 atom stereocenters. The lowest BCUT2D eigenvalue weighted by atomic mass is 10.0. The van der Waals surface area contributed by atoms with Crippen molar-refractivity contribution in [3.8, 4) is 0 Å². The first-order valence-corrected chi connectivity index (χ1v) is 7.51. The van der Waals surface area contributed by atoms with Crippen LogP contribution in [0.25, 0.3) is 0 Å². The molecule has 0 aromatic heterocycles. The second-order valence-corrected chi connectivity index (χ2v) is 5.69. The Kier molecular flexibility index (Phi) is 5.64. The number of carbonyl (C=O) groups is 2. The van der Waals surface area contributed by atoms with E-state index in [0.29, 0.717) is 26.3 Å². The standard InChI is InChI=1S/C14H24N2O4/c17-13(18)9-12-10-20-8-7-16(12)14(19)15-6-5-11-3-1-2-4-11/h11-12H,1-10H2,(H,15,19)(H,17,18). The number of carboxylic acids is 1. The van der Waals surface area contributed by atoms with Crippen molar-refractivity contribution in [2.75, 3.05) is 26.3 Å². The summed E-state index contributed by atoms with van der Waals surface area (Å²) in [6, 6.07) is -0.509. The number of hydrogen-bond donors (Lipinski definition) is 2. The predicted molar refractivity (Wildman–Crippen MR) is 73.5 cm³/mol. The number of morpholine rings is 1. The van der Waals surface area contributed by atoms with Crippen LogP contribution in [0, 0.1) is 5.92 Å². The molecule has 1 saturated carbocycles. The molecule has 0 aromatic rings. The molecule has 1 unspecified atom stereocenters. The lowest BCUT2D eigenvalue weighted by Crippen LogP contribution is -2.53. The number of carbonyl (C=O) groups excluding carboxylic acids is 1. The fourth-order valence-corrected chi connectivity index (χ4v) is 3.08. The van der Waals surface area contributed by atoms with Crippen molar-refractivity contribution in [3.63, 3.8) is 0 Å². The monoisotopic (exact) mass is 284 g/mol. The van der Waals surface area contributed by atoms with Crippen LogP contribution in [-0.4, -0.2) is 54.4 Å². The summed E-state index contributed by atoms with van der Waals surface area (Å²) in [6.07, 6.45) is 6.13. The smallest absolute Gasteiger partial charge is 0.317 e. The Hall–Kier alpha value is -1.30. The molecule has 1 saturated heterocycles. The fraction of sp³-hybridized carbons (Fsp3) is 0.857. The van der Waals surface area contributed by atoms with Crippen molar-refractivity contribution in [1.82, 2.24) is 10.2 Å². The fourth-order valence-electron chi connectivity index (χ4n) is 3.08. The summed E-state index contributed by atoms with van der Waals surface area (Å²) in [4.78, 5) is 24.5. The number of urea groups is 1. The largest absolute Gasteiger partial charge is 0.481 e. The van der Waals surface area contributed by atoms with Crippen LogP contribution in [-0.2, 0) is 9.53 Å². The highest BCUT2D eigenvalue weighted by Crippen LogP contribution is 2.26. The molecule has 0 spiro atoms.